The van der Waals surface area contributed by atoms with Crippen molar-refractivity contribution in [1.29, 1.82) is 0 Å². The van der Waals surface area contributed by atoms with Gasteiger partial charge >= 0.3 is 0 Å². The molecule has 0 saturated carbocycles. The van der Waals surface area contributed by atoms with E-state index in [0.717, 1.165) is 6.42 Å². The summed E-state index contributed by atoms with van der Waals surface area (Å²) in [4.78, 5) is 11.3. The Morgan fingerprint density at radius 1 is 1.18 bits per heavy atom. The minimum absolute atomic E-state index is 0.271. The summed E-state index contributed by atoms with van der Waals surface area (Å²) in [7, 11) is 1.54. The predicted molar refractivity (Wildman–Crippen MR) is 80.4 cm³/mol. The van der Waals surface area contributed by atoms with Crippen molar-refractivity contribution in [2.75, 3.05) is 25.5 Å². The minimum atomic E-state index is -0.284. The van der Waals surface area contributed by atoms with E-state index in [1.165, 1.54) is 19.2 Å². The number of amides is 1. The van der Waals surface area contributed by atoms with Gasteiger partial charge in [-0.15, -0.1) is 10.2 Å². The number of carbonyl (C=O) groups excluding carboxylic acids is 1. The topological polar surface area (TPSA) is 76.1 Å². The molecule has 0 aliphatic heterocycles. The molecule has 0 atom stereocenters. The molecule has 1 amide bonds. The highest BCUT2D eigenvalue weighted by molar-refractivity contribution is 5.91. The second-order valence-electron chi connectivity index (χ2n) is 4.47. The number of rotatable bonds is 7. The van der Waals surface area contributed by atoms with Crippen LogP contribution in [-0.4, -0.2) is 36.3 Å². The highest BCUT2D eigenvalue weighted by Crippen LogP contribution is 2.11. The number of nitrogens with one attached hydrogen (secondary N) is 2. The zero-order valence-corrected chi connectivity index (χ0v) is 12.2. The van der Waals surface area contributed by atoms with Crippen LogP contribution in [0, 0.1) is 5.82 Å². The fourth-order valence-corrected chi connectivity index (χ4v) is 1.69. The van der Waals surface area contributed by atoms with Crippen LogP contribution in [-0.2, 0) is 0 Å². The van der Waals surface area contributed by atoms with Crippen LogP contribution in [0.2, 0.25) is 0 Å². The second-order valence-corrected chi connectivity index (χ2v) is 4.47. The molecule has 7 heteroatoms. The number of ether oxygens (including phenoxy) is 1. The van der Waals surface area contributed by atoms with Gasteiger partial charge in [-0.25, -0.2) is 4.39 Å². The molecule has 0 saturated heterocycles. The molecule has 2 rings (SSSR count). The maximum atomic E-state index is 12.7. The van der Waals surface area contributed by atoms with Crippen LogP contribution in [0.4, 0.5) is 10.2 Å². The number of aromatic nitrogens is 2. The van der Waals surface area contributed by atoms with Gasteiger partial charge in [-0.05, 0) is 42.8 Å². The highest BCUT2D eigenvalue weighted by atomic mass is 19.1. The molecule has 116 valence electrons. The third-order valence-corrected chi connectivity index (χ3v) is 2.83. The van der Waals surface area contributed by atoms with Gasteiger partial charge in [0.2, 0.25) is 0 Å². The van der Waals surface area contributed by atoms with Gasteiger partial charge in [0.05, 0.1) is 6.61 Å². The summed E-state index contributed by atoms with van der Waals surface area (Å²) in [6.07, 6.45) is 0.746. The number of hydrogen-bond acceptors (Lipinski definition) is 5. The van der Waals surface area contributed by atoms with Gasteiger partial charge in [0.15, 0.2) is 5.69 Å². The first kappa shape index (κ1) is 15.7. The Bertz CT molecular complexity index is 602. The Labute approximate surface area is 127 Å². The number of halogens is 1. The lowest BCUT2D eigenvalue weighted by Crippen LogP contribution is -2.20. The molecule has 1 aromatic heterocycles. The monoisotopic (exact) mass is 304 g/mol. The van der Waals surface area contributed by atoms with Crippen molar-refractivity contribution in [3.63, 3.8) is 0 Å². The van der Waals surface area contributed by atoms with Crippen molar-refractivity contribution in [3.05, 3.63) is 47.9 Å². The molecule has 1 heterocycles. The van der Waals surface area contributed by atoms with Crippen LogP contribution >= 0.6 is 0 Å². The van der Waals surface area contributed by atoms with Gasteiger partial charge < -0.3 is 15.4 Å². The quantitative estimate of drug-likeness (QED) is 0.764. The fourth-order valence-electron chi connectivity index (χ4n) is 1.69. The first-order valence-corrected chi connectivity index (χ1v) is 6.87. The Morgan fingerprint density at radius 3 is 2.59 bits per heavy atom. The lowest BCUT2D eigenvalue weighted by Gasteiger charge is -2.07. The number of benzene rings is 1. The molecule has 0 radical (unpaired) electrons. The molecular weight excluding hydrogens is 287 g/mol. The molecule has 0 aliphatic rings. The normalized spacial score (nSPS) is 10.1. The summed E-state index contributed by atoms with van der Waals surface area (Å²) in [5, 5.41) is 13.3. The molecule has 1 aromatic carbocycles. The third kappa shape index (κ3) is 4.69. The van der Waals surface area contributed by atoms with E-state index in [-0.39, 0.29) is 17.4 Å². The minimum Gasteiger partial charge on any atom is -0.494 e. The first-order valence-electron chi connectivity index (χ1n) is 6.87. The van der Waals surface area contributed by atoms with E-state index in [4.69, 9.17) is 4.74 Å². The standard InChI is InChI=1S/C15H17FN4O2/c1-17-15(21)13-7-8-14(20-19-13)18-9-2-10-22-12-5-3-11(16)4-6-12/h3-8H,2,9-10H2,1H3,(H,17,21)(H,18,20). The first-order chi connectivity index (χ1) is 10.7. The third-order valence-electron chi connectivity index (χ3n) is 2.83. The Hall–Kier alpha value is -2.70. The van der Waals surface area contributed by atoms with Gasteiger partial charge in [-0.2, -0.15) is 0 Å². The van der Waals surface area contributed by atoms with E-state index in [9.17, 15) is 9.18 Å². The maximum absolute atomic E-state index is 12.7. The van der Waals surface area contributed by atoms with Gasteiger partial charge in [-0.3, -0.25) is 4.79 Å². The summed E-state index contributed by atoms with van der Waals surface area (Å²) in [5.74, 6) is 0.671. The zero-order chi connectivity index (χ0) is 15.8. The molecule has 0 bridgehead atoms. The predicted octanol–water partition coefficient (Wildman–Crippen LogP) is 1.86. The Morgan fingerprint density at radius 2 is 1.95 bits per heavy atom. The van der Waals surface area contributed by atoms with Gasteiger partial charge in [-0.1, -0.05) is 0 Å². The number of nitrogens with zero attached hydrogens (tertiary/aromatic N) is 2. The molecule has 0 aliphatic carbocycles. The van der Waals surface area contributed by atoms with E-state index in [0.29, 0.717) is 24.7 Å². The van der Waals surface area contributed by atoms with E-state index in [2.05, 4.69) is 20.8 Å². The van der Waals surface area contributed by atoms with E-state index >= 15 is 0 Å². The van der Waals surface area contributed by atoms with Crippen LogP contribution in [0.3, 0.4) is 0 Å². The van der Waals surface area contributed by atoms with Crippen molar-refractivity contribution in [1.82, 2.24) is 15.5 Å². The van der Waals surface area contributed by atoms with Crippen LogP contribution in [0.15, 0.2) is 36.4 Å². The van der Waals surface area contributed by atoms with Crippen molar-refractivity contribution < 1.29 is 13.9 Å². The maximum Gasteiger partial charge on any atom is 0.271 e. The van der Waals surface area contributed by atoms with Crippen molar-refractivity contribution in [2.24, 2.45) is 0 Å². The number of anilines is 1. The molecule has 0 spiro atoms. The average molecular weight is 304 g/mol. The average Bonchev–Trinajstić information content (AvgIpc) is 2.56. The van der Waals surface area contributed by atoms with Gasteiger partial charge in [0.1, 0.15) is 17.4 Å². The molecule has 22 heavy (non-hydrogen) atoms. The van der Waals surface area contributed by atoms with Crippen LogP contribution in [0.25, 0.3) is 0 Å². The summed E-state index contributed by atoms with van der Waals surface area (Å²) < 4.78 is 18.2. The summed E-state index contributed by atoms with van der Waals surface area (Å²) in [6.45, 7) is 1.15. The summed E-state index contributed by atoms with van der Waals surface area (Å²) >= 11 is 0. The number of carbonyl (C=O) groups is 1. The molecule has 2 N–H and O–H groups in total. The van der Waals surface area contributed by atoms with E-state index < -0.39 is 0 Å². The van der Waals surface area contributed by atoms with Crippen molar-refractivity contribution >= 4 is 11.7 Å². The SMILES string of the molecule is CNC(=O)c1ccc(NCCCOc2ccc(F)cc2)nn1. The Kier molecular flexibility index (Phi) is 5.65. The molecule has 2 aromatic rings. The molecule has 6 nitrogen and oxygen atoms in total. The van der Waals surface area contributed by atoms with Crippen LogP contribution in [0.1, 0.15) is 16.9 Å². The summed E-state index contributed by atoms with van der Waals surface area (Å²) in [6, 6.07) is 9.19. The molecule has 0 unspecified atom stereocenters. The molecule has 0 fully saturated rings. The van der Waals surface area contributed by atoms with Crippen molar-refractivity contribution in [2.45, 2.75) is 6.42 Å². The second kappa shape index (κ2) is 7.92. The lowest BCUT2D eigenvalue weighted by atomic mass is 10.3. The highest BCUT2D eigenvalue weighted by Gasteiger charge is 2.04. The zero-order valence-electron chi connectivity index (χ0n) is 12.2. The largest absolute Gasteiger partial charge is 0.494 e. The fraction of sp³-hybridized carbons (Fsp3) is 0.267. The number of hydrogen-bond donors (Lipinski definition) is 2. The van der Waals surface area contributed by atoms with Crippen LogP contribution < -0.4 is 15.4 Å². The lowest BCUT2D eigenvalue weighted by molar-refractivity contribution is 0.0957. The van der Waals surface area contributed by atoms with Gasteiger partial charge in [0, 0.05) is 13.6 Å². The van der Waals surface area contributed by atoms with E-state index in [1.807, 2.05) is 0 Å². The van der Waals surface area contributed by atoms with Gasteiger partial charge in [0.25, 0.3) is 5.91 Å². The molecular formula is C15H17FN4O2. The smallest absolute Gasteiger partial charge is 0.271 e. The van der Waals surface area contributed by atoms with Crippen molar-refractivity contribution in [3.8, 4) is 5.75 Å². The van der Waals surface area contributed by atoms with E-state index in [1.54, 1.807) is 24.3 Å². The Balaban J connectivity index is 1.68. The van der Waals surface area contributed by atoms with Crippen LogP contribution in [0.5, 0.6) is 5.75 Å². The summed E-state index contributed by atoms with van der Waals surface area (Å²) in [5.41, 5.74) is 0.271.